The van der Waals surface area contributed by atoms with E-state index in [0.717, 1.165) is 18.2 Å². The monoisotopic (exact) mass is 274 g/mol. The Kier molecular flexibility index (Phi) is 2.75. The lowest BCUT2D eigenvalue weighted by Crippen LogP contribution is -2.03. The second-order valence-corrected chi connectivity index (χ2v) is 4.33. The van der Waals surface area contributed by atoms with Crippen LogP contribution in [0.3, 0.4) is 0 Å². The summed E-state index contributed by atoms with van der Waals surface area (Å²) in [6, 6.07) is 8.58. The second-order valence-electron chi connectivity index (χ2n) is 4.33. The first-order valence-electron chi connectivity index (χ1n) is 5.76. The zero-order valence-corrected chi connectivity index (χ0v) is 10.1. The Bertz CT molecular complexity index is 848. The predicted molar refractivity (Wildman–Crippen MR) is 69.5 cm³/mol. The fourth-order valence-corrected chi connectivity index (χ4v) is 2.01. The Labute approximate surface area is 111 Å². The number of phenols is 1. The molecule has 1 aromatic heterocycles. The lowest BCUT2D eigenvalue weighted by atomic mass is 10.1. The van der Waals surface area contributed by atoms with Crippen LogP contribution in [0.4, 0.5) is 8.78 Å². The minimum absolute atomic E-state index is 0.0369. The molecule has 20 heavy (non-hydrogen) atoms. The third-order valence-electron chi connectivity index (χ3n) is 2.89. The summed E-state index contributed by atoms with van der Waals surface area (Å²) in [5, 5.41) is 9.86. The number of phenolic OH excluding ortho intramolecular Hbond substituents is 1. The molecule has 2 aromatic carbocycles. The summed E-state index contributed by atoms with van der Waals surface area (Å²) >= 11 is 0. The summed E-state index contributed by atoms with van der Waals surface area (Å²) in [5.41, 5.74) is -0.364. The maximum absolute atomic E-state index is 13.2. The minimum atomic E-state index is -0.773. The molecule has 0 saturated heterocycles. The largest absolute Gasteiger partial charge is 0.508 e. The Morgan fingerprint density at radius 2 is 1.65 bits per heavy atom. The van der Waals surface area contributed by atoms with Gasteiger partial charge in [-0.25, -0.2) is 13.6 Å². The van der Waals surface area contributed by atoms with Gasteiger partial charge in [0.25, 0.3) is 0 Å². The van der Waals surface area contributed by atoms with Crippen molar-refractivity contribution in [3.63, 3.8) is 0 Å². The normalized spacial score (nSPS) is 10.9. The van der Waals surface area contributed by atoms with E-state index >= 15 is 0 Å². The highest BCUT2D eigenvalue weighted by atomic mass is 19.1. The fraction of sp³-hybridized carbons (Fsp3) is 0. The quantitative estimate of drug-likeness (QED) is 0.691. The molecule has 3 nitrogen and oxygen atoms in total. The molecule has 0 aliphatic carbocycles. The first-order chi connectivity index (χ1) is 9.52. The van der Waals surface area contributed by atoms with E-state index in [4.69, 9.17) is 4.42 Å². The van der Waals surface area contributed by atoms with E-state index in [9.17, 15) is 18.7 Å². The minimum Gasteiger partial charge on any atom is -0.508 e. The molecule has 1 heterocycles. The van der Waals surface area contributed by atoms with Crippen molar-refractivity contribution in [1.82, 2.24) is 0 Å². The van der Waals surface area contributed by atoms with Gasteiger partial charge in [-0.3, -0.25) is 0 Å². The molecule has 0 radical (unpaired) electrons. The van der Waals surface area contributed by atoms with Crippen LogP contribution in [-0.2, 0) is 0 Å². The molecule has 5 heteroatoms. The second kappa shape index (κ2) is 4.45. The van der Waals surface area contributed by atoms with Gasteiger partial charge >= 0.3 is 5.63 Å². The Morgan fingerprint density at radius 3 is 2.35 bits per heavy atom. The van der Waals surface area contributed by atoms with Crippen LogP contribution in [0.5, 0.6) is 5.75 Å². The van der Waals surface area contributed by atoms with Crippen molar-refractivity contribution < 1.29 is 18.3 Å². The number of fused-ring (bicyclic) bond motifs is 1. The van der Waals surface area contributed by atoms with Gasteiger partial charge in [0.05, 0.1) is 5.56 Å². The first-order valence-corrected chi connectivity index (χ1v) is 5.76. The van der Waals surface area contributed by atoms with Crippen LogP contribution in [0.15, 0.2) is 51.7 Å². The number of benzene rings is 2. The van der Waals surface area contributed by atoms with Gasteiger partial charge in [-0.15, -0.1) is 0 Å². The Balaban J connectivity index is 2.28. The molecule has 0 spiro atoms. The molecule has 0 bridgehead atoms. The maximum atomic E-state index is 13.2. The Hall–Kier alpha value is -2.69. The lowest BCUT2D eigenvalue weighted by Gasteiger charge is -2.03. The average molecular weight is 274 g/mol. The van der Waals surface area contributed by atoms with E-state index in [1.807, 2.05) is 0 Å². The Morgan fingerprint density at radius 1 is 0.950 bits per heavy atom. The highest BCUT2D eigenvalue weighted by molar-refractivity contribution is 5.82. The molecule has 0 amide bonds. The van der Waals surface area contributed by atoms with Gasteiger partial charge in [0.1, 0.15) is 23.0 Å². The first kappa shape index (κ1) is 12.3. The van der Waals surface area contributed by atoms with Crippen molar-refractivity contribution in [1.29, 1.82) is 0 Å². The van der Waals surface area contributed by atoms with Gasteiger partial charge in [-0.05, 0) is 35.9 Å². The molecular weight excluding hydrogens is 266 g/mol. The zero-order valence-electron chi connectivity index (χ0n) is 10.1. The van der Waals surface area contributed by atoms with Crippen molar-refractivity contribution in [2.45, 2.75) is 0 Å². The van der Waals surface area contributed by atoms with Gasteiger partial charge in [0.2, 0.25) is 0 Å². The maximum Gasteiger partial charge on any atom is 0.344 e. The molecule has 100 valence electrons. The zero-order chi connectivity index (χ0) is 14.3. The number of hydrogen-bond acceptors (Lipinski definition) is 3. The summed E-state index contributed by atoms with van der Waals surface area (Å²) < 4.78 is 31.5. The molecule has 0 saturated carbocycles. The third-order valence-corrected chi connectivity index (χ3v) is 2.89. The summed E-state index contributed by atoms with van der Waals surface area (Å²) in [6.45, 7) is 0. The SMILES string of the molecule is O=c1oc2cc(O)ccc2cc1-c1cc(F)cc(F)c1. The van der Waals surface area contributed by atoms with Crippen LogP contribution in [0.25, 0.3) is 22.1 Å². The molecule has 0 aliphatic rings. The molecule has 0 unspecified atom stereocenters. The summed E-state index contributed by atoms with van der Waals surface area (Å²) in [5.74, 6) is -1.58. The van der Waals surface area contributed by atoms with E-state index in [0.29, 0.717) is 5.39 Å². The van der Waals surface area contributed by atoms with Crippen LogP contribution in [-0.4, -0.2) is 5.11 Å². The molecule has 3 rings (SSSR count). The van der Waals surface area contributed by atoms with E-state index in [1.54, 1.807) is 6.07 Å². The van der Waals surface area contributed by atoms with Crippen molar-refractivity contribution in [3.05, 3.63) is 64.5 Å². The van der Waals surface area contributed by atoms with Gasteiger partial charge < -0.3 is 9.52 Å². The number of aromatic hydroxyl groups is 1. The highest BCUT2D eigenvalue weighted by Gasteiger charge is 2.10. The summed E-state index contributed by atoms with van der Waals surface area (Å²) in [6.07, 6.45) is 0. The molecule has 0 atom stereocenters. The van der Waals surface area contributed by atoms with Gasteiger partial charge in [-0.2, -0.15) is 0 Å². The predicted octanol–water partition coefficient (Wildman–Crippen LogP) is 3.44. The number of halogens is 2. The van der Waals surface area contributed by atoms with Crippen molar-refractivity contribution in [2.24, 2.45) is 0 Å². The van der Waals surface area contributed by atoms with E-state index in [-0.39, 0.29) is 22.5 Å². The van der Waals surface area contributed by atoms with E-state index < -0.39 is 17.3 Å². The van der Waals surface area contributed by atoms with Crippen molar-refractivity contribution in [3.8, 4) is 16.9 Å². The van der Waals surface area contributed by atoms with Gasteiger partial charge in [0, 0.05) is 17.5 Å². The molecular formula is C15H8F2O3. The van der Waals surface area contributed by atoms with Crippen LogP contribution in [0.2, 0.25) is 0 Å². The summed E-state index contributed by atoms with van der Waals surface area (Å²) in [4.78, 5) is 11.9. The van der Waals surface area contributed by atoms with E-state index in [1.165, 1.54) is 18.2 Å². The number of rotatable bonds is 1. The average Bonchev–Trinajstić information content (AvgIpc) is 2.36. The molecule has 0 fully saturated rings. The topological polar surface area (TPSA) is 50.4 Å². The summed E-state index contributed by atoms with van der Waals surface area (Å²) in [7, 11) is 0. The van der Waals surface area contributed by atoms with Crippen LogP contribution in [0, 0.1) is 11.6 Å². The van der Waals surface area contributed by atoms with Crippen LogP contribution >= 0.6 is 0 Å². The fourth-order valence-electron chi connectivity index (χ4n) is 2.01. The van der Waals surface area contributed by atoms with Gasteiger partial charge in [0.15, 0.2) is 0 Å². The van der Waals surface area contributed by atoms with Crippen LogP contribution in [0.1, 0.15) is 0 Å². The van der Waals surface area contributed by atoms with Crippen LogP contribution < -0.4 is 5.63 Å². The molecule has 1 N–H and O–H groups in total. The highest BCUT2D eigenvalue weighted by Crippen LogP contribution is 2.24. The number of hydrogen-bond donors (Lipinski definition) is 1. The lowest BCUT2D eigenvalue weighted by molar-refractivity contribution is 0.473. The molecule has 0 aliphatic heterocycles. The third kappa shape index (κ3) is 2.14. The van der Waals surface area contributed by atoms with E-state index in [2.05, 4.69) is 0 Å². The van der Waals surface area contributed by atoms with Gasteiger partial charge in [-0.1, -0.05) is 0 Å². The van der Waals surface area contributed by atoms with Crippen molar-refractivity contribution >= 4 is 11.0 Å². The standard InChI is InChI=1S/C15H8F2O3/c16-10-3-9(4-11(17)6-10)13-5-8-1-2-12(18)7-14(8)20-15(13)19/h1-7,18H. The molecule has 3 aromatic rings. The smallest absolute Gasteiger partial charge is 0.344 e. The van der Waals surface area contributed by atoms with Crippen molar-refractivity contribution in [2.75, 3.05) is 0 Å².